The molecule has 6 heteroatoms. The molecule has 0 radical (unpaired) electrons. The number of aliphatic hydroxyl groups excluding tert-OH is 1. The summed E-state index contributed by atoms with van der Waals surface area (Å²) >= 11 is 0. The molecule has 1 aliphatic heterocycles. The van der Waals surface area contributed by atoms with Crippen molar-refractivity contribution < 1.29 is 18.3 Å². The van der Waals surface area contributed by atoms with Crippen LogP contribution in [0.5, 0.6) is 5.75 Å². The first-order chi connectivity index (χ1) is 11.9. The molecule has 0 aliphatic carbocycles. The zero-order chi connectivity index (χ0) is 18.2. The van der Waals surface area contributed by atoms with Crippen molar-refractivity contribution in [2.75, 3.05) is 7.11 Å². The van der Waals surface area contributed by atoms with Gasteiger partial charge in [-0.1, -0.05) is 36.4 Å². The van der Waals surface area contributed by atoms with Gasteiger partial charge in [0.15, 0.2) is 0 Å². The number of nitrogens with zero attached hydrogens (tertiary/aromatic N) is 1. The highest BCUT2D eigenvalue weighted by molar-refractivity contribution is 7.89. The van der Waals surface area contributed by atoms with E-state index in [1.807, 2.05) is 38.1 Å². The summed E-state index contributed by atoms with van der Waals surface area (Å²) in [5, 5.41) is 11.0. The Morgan fingerprint density at radius 1 is 1.12 bits per heavy atom. The molecule has 3 rings (SSSR count). The van der Waals surface area contributed by atoms with Gasteiger partial charge in [0.1, 0.15) is 5.75 Å². The smallest absolute Gasteiger partial charge is 0.244 e. The third-order valence-corrected chi connectivity index (χ3v) is 6.79. The Morgan fingerprint density at radius 2 is 1.76 bits per heavy atom. The fourth-order valence-electron chi connectivity index (χ4n) is 3.56. The van der Waals surface area contributed by atoms with E-state index in [1.54, 1.807) is 31.4 Å². The second-order valence-electron chi connectivity index (χ2n) is 6.49. The van der Waals surface area contributed by atoms with E-state index in [4.69, 9.17) is 4.74 Å². The molecule has 0 fully saturated rings. The van der Waals surface area contributed by atoms with Crippen LogP contribution < -0.4 is 4.74 Å². The van der Waals surface area contributed by atoms with Crippen molar-refractivity contribution in [3.8, 4) is 5.75 Å². The van der Waals surface area contributed by atoms with Gasteiger partial charge in [0.25, 0.3) is 0 Å². The van der Waals surface area contributed by atoms with Crippen molar-refractivity contribution in [1.29, 1.82) is 0 Å². The third kappa shape index (κ3) is 3.05. The van der Waals surface area contributed by atoms with Crippen molar-refractivity contribution in [3.63, 3.8) is 0 Å². The summed E-state index contributed by atoms with van der Waals surface area (Å²) in [6.45, 7) is 3.65. The Balaban J connectivity index is 2.11. The van der Waals surface area contributed by atoms with Crippen LogP contribution in [0.3, 0.4) is 0 Å². The van der Waals surface area contributed by atoms with Crippen molar-refractivity contribution >= 4 is 10.0 Å². The lowest BCUT2D eigenvalue weighted by atomic mass is 9.94. The van der Waals surface area contributed by atoms with Crippen LogP contribution in [0, 0.1) is 0 Å². The maximum atomic E-state index is 13.1. The number of hydrogen-bond acceptors (Lipinski definition) is 4. The van der Waals surface area contributed by atoms with E-state index < -0.39 is 22.2 Å². The second-order valence-corrected chi connectivity index (χ2v) is 8.31. The van der Waals surface area contributed by atoms with E-state index in [9.17, 15) is 13.5 Å². The normalized spacial score (nSPS) is 22.6. The molecule has 2 aromatic rings. The number of para-hydroxylation sites is 1. The van der Waals surface area contributed by atoms with E-state index in [0.717, 1.165) is 5.56 Å². The SMILES string of the molecule is COc1ccccc1C[C@@H]1[C@H](O)c2ccccc2S(=O)(=O)N1C(C)C. The fraction of sp³-hybridized carbons (Fsp3) is 0.368. The van der Waals surface area contributed by atoms with Gasteiger partial charge >= 0.3 is 0 Å². The van der Waals surface area contributed by atoms with Gasteiger partial charge in [-0.05, 0) is 38.0 Å². The number of sulfonamides is 1. The number of hydrogen-bond donors (Lipinski definition) is 1. The van der Waals surface area contributed by atoms with Crippen molar-refractivity contribution in [1.82, 2.24) is 4.31 Å². The van der Waals surface area contributed by atoms with Crippen LogP contribution in [0.15, 0.2) is 53.4 Å². The first kappa shape index (κ1) is 17.9. The molecule has 1 heterocycles. The molecule has 5 nitrogen and oxygen atoms in total. The summed E-state index contributed by atoms with van der Waals surface area (Å²) in [4.78, 5) is 0.187. The van der Waals surface area contributed by atoms with Crippen LogP contribution in [-0.2, 0) is 16.4 Å². The molecule has 25 heavy (non-hydrogen) atoms. The average Bonchev–Trinajstić information content (AvgIpc) is 2.59. The Morgan fingerprint density at radius 3 is 2.44 bits per heavy atom. The lowest BCUT2D eigenvalue weighted by Gasteiger charge is -2.41. The number of fused-ring (bicyclic) bond motifs is 1. The molecule has 1 N–H and O–H groups in total. The Kier molecular flexibility index (Phi) is 4.86. The highest BCUT2D eigenvalue weighted by Gasteiger charge is 2.44. The molecule has 0 spiro atoms. The van der Waals surface area contributed by atoms with Gasteiger partial charge in [0.05, 0.1) is 24.2 Å². The Labute approximate surface area is 148 Å². The summed E-state index contributed by atoms with van der Waals surface area (Å²) in [7, 11) is -2.09. The first-order valence-corrected chi connectivity index (χ1v) is 9.74. The topological polar surface area (TPSA) is 66.8 Å². The summed E-state index contributed by atoms with van der Waals surface area (Å²) in [5.41, 5.74) is 1.33. The summed E-state index contributed by atoms with van der Waals surface area (Å²) in [6, 6.07) is 13.3. The summed E-state index contributed by atoms with van der Waals surface area (Å²) in [6.07, 6.45) is -0.524. The van der Waals surface area contributed by atoms with Crippen LogP contribution in [0.1, 0.15) is 31.1 Å². The lowest BCUT2D eigenvalue weighted by Crippen LogP contribution is -2.52. The van der Waals surface area contributed by atoms with Gasteiger partial charge in [0.2, 0.25) is 10.0 Å². The highest BCUT2D eigenvalue weighted by Crippen LogP contribution is 2.39. The molecule has 0 unspecified atom stereocenters. The van der Waals surface area contributed by atoms with Crippen LogP contribution in [-0.4, -0.2) is 37.0 Å². The molecule has 0 aromatic heterocycles. The molecular weight excluding hydrogens is 338 g/mol. The minimum Gasteiger partial charge on any atom is -0.496 e. The van der Waals surface area contributed by atoms with Crippen molar-refractivity contribution in [2.24, 2.45) is 0 Å². The van der Waals surface area contributed by atoms with E-state index >= 15 is 0 Å². The van der Waals surface area contributed by atoms with E-state index in [0.29, 0.717) is 17.7 Å². The van der Waals surface area contributed by atoms with Gasteiger partial charge in [-0.25, -0.2) is 8.42 Å². The minimum atomic E-state index is -3.67. The number of methoxy groups -OCH3 is 1. The molecule has 0 saturated heterocycles. The largest absolute Gasteiger partial charge is 0.496 e. The monoisotopic (exact) mass is 361 g/mol. The maximum Gasteiger partial charge on any atom is 0.244 e. The van der Waals surface area contributed by atoms with Crippen LogP contribution in [0.2, 0.25) is 0 Å². The molecule has 1 aliphatic rings. The van der Waals surface area contributed by atoms with Gasteiger partial charge < -0.3 is 9.84 Å². The molecule has 0 amide bonds. The van der Waals surface area contributed by atoms with Crippen molar-refractivity contribution in [2.45, 2.75) is 43.4 Å². The van der Waals surface area contributed by atoms with Gasteiger partial charge in [-0.15, -0.1) is 0 Å². The third-order valence-electron chi connectivity index (χ3n) is 4.61. The standard InChI is InChI=1S/C19H23NO4S/c1-13(2)20-16(12-14-8-4-6-10-17(14)24-3)19(21)15-9-5-7-11-18(15)25(20,22)23/h4-11,13,16,19,21H,12H2,1-3H3/t16-,19-/m1/s1. The molecule has 0 bridgehead atoms. The fourth-order valence-corrected chi connectivity index (χ4v) is 5.62. The van der Waals surface area contributed by atoms with Crippen molar-refractivity contribution in [3.05, 3.63) is 59.7 Å². The number of rotatable bonds is 4. The molecular formula is C19H23NO4S. The highest BCUT2D eigenvalue weighted by atomic mass is 32.2. The van der Waals surface area contributed by atoms with E-state index in [-0.39, 0.29) is 10.9 Å². The van der Waals surface area contributed by atoms with Gasteiger partial charge in [0, 0.05) is 11.6 Å². The van der Waals surface area contributed by atoms with Crippen LogP contribution in [0.4, 0.5) is 0 Å². The Hall–Kier alpha value is -1.89. The maximum absolute atomic E-state index is 13.1. The molecule has 134 valence electrons. The molecule has 2 aromatic carbocycles. The Bertz CT molecular complexity index is 863. The van der Waals surface area contributed by atoms with Crippen LogP contribution in [0.25, 0.3) is 0 Å². The quantitative estimate of drug-likeness (QED) is 0.909. The molecule has 2 atom stereocenters. The van der Waals surface area contributed by atoms with Crippen LogP contribution >= 0.6 is 0 Å². The predicted octanol–water partition coefficient (Wildman–Crippen LogP) is 2.75. The number of benzene rings is 2. The zero-order valence-electron chi connectivity index (χ0n) is 14.6. The lowest BCUT2D eigenvalue weighted by molar-refractivity contribution is 0.0682. The van der Waals surface area contributed by atoms with E-state index in [1.165, 1.54) is 4.31 Å². The summed E-state index contributed by atoms with van der Waals surface area (Å²) in [5.74, 6) is 0.690. The predicted molar refractivity (Wildman–Crippen MR) is 96.0 cm³/mol. The second kappa shape index (κ2) is 6.78. The average molecular weight is 361 g/mol. The van der Waals surface area contributed by atoms with Gasteiger partial charge in [-0.2, -0.15) is 4.31 Å². The number of ether oxygens (including phenoxy) is 1. The first-order valence-electron chi connectivity index (χ1n) is 8.30. The summed E-state index contributed by atoms with van der Waals surface area (Å²) < 4.78 is 33.1. The molecule has 0 saturated carbocycles. The van der Waals surface area contributed by atoms with E-state index in [2.05, 4.69) is 0 Å². The minimum absolute atomic E-state index is 0.187. The number of aliphatic hydroxyl groups is 1. The van der Waals surface area contributed by atoms with Gasteiger partial charge in [-0.3, -0.25) is 0 Å². The zero-order valence-corrected chi connectivity index (χ0v) is 15.4.